The van der Waals surface area contributed by atoms with Gasteiger partial charge in [0.05, 0.1) is 0 Å². The van der Waals surface area contributed by atoms with Gasteiger partial charge in [0, 0.05) is 35.9 Å². The van der Waals surface area contributed by atoms with E-state index < -0.39 is 0 Å². The monoisotopic (exact) mass is 344 g/mol. The largest absolute Gasteiger partial charge is 0.331 e. The Kier molecular flexibility index (Phi) is 4.34. The fraction of sp³-hybridized carbons (Fsp3) is 0.294. The van der Waals surface area contributed by atoms with Crippen LogP contribution in [0.2, 0.25) is 0 Å². The van der Waals surface area contributed by atoms with Crippen molar-refractivity contribution in [2.75, 3.05) is 0 Å². The van der Waals surface area contributed by atoms with E-state index in [0.29, 0.717) is 12.6 Å². The Morgan fingerprint density at radius 2 is 1.76 bits per heavy atom. The highest BCUT2D eigenvalue weighted by Crippen LogP contribution is 2.29. The first-order chi connectivity index (χ1) is 10.3. The Bertz CT molecular complexity index is 608. The molecule has 1 fully saturated rings. The molecule has 0 bridgehead atoms. The molecule has 1 aromatic heterocycles. The first-order valence-electron chi connectivity index (χ1n) is 7.12. The summed E-state index contributed by atoms with van der Waals surface area (Å²) in [7, 11) is 0. The van der Waals surface area contributed by atoms with Crippen LogP contribution in [0.4, 0.5) is 0 Å². The zero-order valence-electron chi connectivity index (χ0n) is 11.7. The van der Waals surface area contributed by atoms with Crippen LogP contribution in [-0.4, -0.2) is 21.8 Å². The second kappa shape index (κ2) is 6.39. The van der Waals surface area contributed by atoms with Gasteiger partial charge in [0.25, 0.3) is 5.91 Å². The minimum atomic E-state index is 0.121. The van der Waals surface area contributed by atoms with E-state index in [0.717, 1.165) is 29.3 Å². The summed E-state index contributed by atoms with van der Waals surface area (Å²) in [5, 5.41) is 0.810. The van der Waals surface area contributed by atoms with Crippen LogP contribution in [0, 0.1) is 0 Å². The van der Waals surface area contributed by atoms with Crippen molar-refractivity contribution in [3.63, 3.8) is 0 Å². The third-order valence-corrected chi connectivity index (χ3v) is 4.35. The summed E-state index contributed by atoms with van der Waals surface area (Å²) in [4.78, 5) is 18.7. The van der Waals surface area contributed by atoms with Gasteiger partial charge in [-0.3, -0.25) is 9.78 Å². The van der Waals surface area contributed by atoms with Gasteiger partial charge in [0.1, 0.15) is 0 Å². The molecule has 4 heteroatoms. The summed E-state index contributed by atoms with van der Waals surface area (Å²) >= 11 is 3.42. The molecule has 3 rings (SSSR count). The van der Waals surface area contributed by atoms with Crippen molar-refractivity contribution >= 4 is 21.8 Å². The van der Waals surface area contributed by atoms with Crippen LogP contribution >= 0.6 is 15.9 Å². The molecule has 0 spiro atoms. The van der Waals surface area contributed by atoms with Crippen LogP contribution in [0.1, 0.15) is 34.3 Å². The number of aromatic nitrogens is 1. The highest BCUT2D eigenvalue weighted by Gasteiger charge is 2.32. The Balaban J connectivity index is 1.78. The first kappa shape index (κ1) is 14.3. The molecular weight excluding hydrogens is 328 g/mol. The molecule has 0 saturated heterocycles. The van der Waals surface area contributed by atoms with E-state index in [4.69, 9.17) is 0 Å². The number of carbonyl (C=O) groups is 1. The molecule has 0 unspecified atom stereocenters. The number of rotatable bonds is 5. The number of nitrogens with zero attached hydrogens (tertiary/aromatic N) is 2. The second-order valence-corrected chi connectivity index (χ2v) is 5.91. The average Bonchev–Trinajstić information content (AvgIpc) is 3.38. The number of hydrogen-bond donors (Lipinski definition) is 0. The topological polar surface area (TPSA) is 33.2 Å². The van der Waals surface area contributed by atoms with Gasteiger partial charge in [-0.2, -0.15) is 0 Å². The van der Waals surface area contributed by atoms with Crippen LogP contribution in [-0.2, 0) is 11.9 Å². The molecule has 1 saturated carbocycles. The molecule has 0 aliphatic heterocycles. The number of alkyl halides is 1. The van der Waals surface area contributed by atoms with E-state index in [1.165, 1.54) is 5.56 Å². The molecule has 1 aliphatic rings. The molecule has 3 nitrogen and oxygen atoms in total. The Hall–Kier alpha value is -1.68. The SMILES string of the molecule is O=C(c1ccc(CBr)cc1)N(Cc1ccncc1)C1CC1. The van der Waals surface area contributed by atoms with E-state index in [9.17, 15) is 4.79 Å². The van der Waals surface area contributed by atoms with Crippen molar-refractivity contribution in [3.8, 4) is 0 Å². The maximum absolute atomic E-state index is 12.7. The molecule has 1 aliphatic carbocycles. The fourth-order valence-corrected chi connectivity index (χ4v) is 2.71. The van der Waals surface area contributed by atoms with Crippen LogP contribution in [0.5, 0.6) is 0 Å². The smallest absolute Gasteiger partial charge is 0.254 e. The molecule has 1 aromatic carbocycles. The van der Waals surface area contributed by atoms with Crippen molar-refractivity contribution < 1.29 is 4.79 Å². The van der Waals surface area contributed by atoms with Crippen LogP contribution in [0.3, 0.4) is 0 Å². The first-order valence-corrected chi connectivity index (χ1v) is 8.25. The van der Waals surface area contributed by atoms with E-state index in [2.05, 4.69) is 20.9 Å². The summed E-state index contributed by atoms with van der Waals surface area (Å²) in [6.45, 7) is 0.659. The summed E-state index contributed by atoms with van der Waals surface area (Å²) in [6.07, 6.45) is 5.76. The van der Waals surface area contributed by atoms with Gasteiger partial charge in [-0.05, 0) is 48.2 Å². The molecule has 21 heavy (non-hydrogen) atoms. The van der Waals surface area contributed by atoms with Crippen LogP contribution in [0.15, 0.2) is 48.8 Å². The third-order valence-electron chi connectivity index (χ3n) is 3.71. The summed E-state index contributed by atoms with van der Waals surface area (Å²) in [6, 6.07) is 12.2. The Morgan fingerprint density at radius 3 is 2.33 bits per heavy atom. The lowest BCUT2D eigenvalue weighted by atomic mass is 10.1. The Morgan fingerprint density at radius 1 is 1.10 bits per heavy atom. The van der Waals surface area contributed by atoms with Gasteiger partial charge in [-0.15, -0.1) is 0 Å². The Labute approximate surface area is 133 Å². The highest BCUT2D eigenvalue weighted by atomic mass is 79.9. The number of amides is 1. The van der Waals surface area contributed by atoms with Gasteiger partial charge in [-0.25, -0.2) is 0 Å². The summed E-state index contributed by atoms with van der Waals surface area (Å²) < 4.78 is 0. The van der Waals surface area contributed by atoms with Crippen LogP contribution in [0.25, 0.3) is 0 Å². The van der Waals surface area contributed by atoms with Crippen molar-refractivity contribution in [2.24, 2.45) is 0 Å². The van der Waals surface area contributed by atoms with Crippen molar-refractivity contribution in [1.82, 2.24) is 9.88 Å². The zero-order chi connectivity index (χ0) is 14.7. The van der Waals surface area contributed by atoms with Crippen LogP contribution < -0.4 is 0 Å². The number of benzene rings is 1. The van der Waals surface area contributed by atoms with Gasteiger partial charge < -0.3 is 4.90 Å². The lowest BCUT2D eigenvalue weighted by molar-refractivity contribution is 0.0730. The maximum atomic E-state index is 12.7. The molecule has 2 aromatic rings. The van der Waals surface area contributed by atoms with Gasteiger partial charge in [0.15, 0.2) is 0 Å². The van der Waals surface area contributed by atoms with Gasteiger partial charge in [-0.1, -0.05) is 28.1 Å². The van der Waals surface area contributed by atoms with Gasteiger partial charge >= 0.3 is 0 Å². The molecule has 0 atom stereocenters. The lowest BCUT2D eigenvalue weighted by Gasteiger charge is -2.22. The number of carbonyl (C=O) groups excluding carboxylic acids is 1. The van der Waals surface area contributed by atoms with Gasteiger partial charge in [0.2, 0.25) is 0 Å². The molecular formula is C17H17BrN2O. The quantitative estimate of drug-likeness (QED) is 0.773. The number of hydrogen-bond acceptors (Lipinski definition) is 2. The van der Waals surface area contributed by atoms with Crippen molar-refractivity contribution in [2.45, 2.75) is 30.8 Å². The zero-order valence-corrected chi connectivity index (χ0v) is 13.3. The number of halogens is 1. The summed E-state index contributed by atoms with van der Waals surface area (Å²) in [5.74, 6) is 0.121. The minimum absolute atomic E-state index is 0.121. The molecule has 0 radical (unpaired) electrons. The van der Waals surface area contributed by atoms with E-state index >= 15 is 0 Å². The standard InChI is InChI=1S/C17H17BrN2O/c18-11-13-1-3-15(4-2-13)17(21)20(16-5-6-16)12-14-7-9-19-10-8-14/h1-4,7-10,16H,5-6,11-12H2. The molecule has 1 heterocycles. The molecule has 1 amide bonds. The number of pyridine rings is 1. The molecule has 0 N–H and O–H groups in total. The third kappa shape index (κ3) is 3.50. The lowest BCUT2D eigenvalue weighted by Crippen LogP contribution is -2.32. The predicted octanol–water partition coefficient (Wildman–Crippen LogP) is 3.78. The predicted molar refractivity (Wildman–Crippen MR) is 86.2 cm³/mol. The fourth-order valence-electron chi connectivity index (χ4n) is 2.34. The second-order valence-electron chi connectivity index (χ2n) is 5.35. The van der Waals surface area contributed by atoms with Crippen molar-refractivity contribution in [1.29, 1.82) is 0 Å². The van der Waals surface area contributed by atoms with Crippen molar-refractivity contribution in [3.05, 3.63) is 65.5 Å². The molecule has 108 valence electrons. The minimum Gasteiger partial charge on any atom is -0.331 e. The highest BCUT2D eigenvalue weighted by molar-refractivity contribution is 9.08. The normalized spacial score (nSPS) is 14.0. The summed E-state index contributed by atoms with van der Waals surface area (Å²) in [5.41, 5.74) is 3.07. The average molecular weight is 345 g/mol. The van der Waals surface area contributed by atoms with E-state index in [1.807, 2.05) is 41.3 Å². The van der Waals surface area contributed by atoms with E-state index in [-0.39, 0.29) is 5.91 Å². The maximum Gasteiger partial charge on any atom is 0.254 e. The van der Waals surface area contributed by atoms with E-state index in [1.54, 1.807) is 12.4 Å².